The number of rotatable bonds is 4. The van der Waals surface area contributed by atoms with Crippen LogP contribution in [-0.2, 0) is 6.54 Å². The number of pyridine rings is 1. The summed E-state index contributed by atoms with van der Waals surface area (Å²) in [4.78, 5) is 15.1. The van der Waals surface area contributed by atoms with Gasteiger partial charge in [-0.1, -0.05) is 23.8 Å². The molecule has 1 heterocycles. The standard InChI is InChI=1S/C18H18N2O2/c1-12-7-8-15-13(9-12)10-14(18(21)20-15)11-19-16-5-3-4-6-17(16)22-2/h3-10,19H,11H2,1-2H3,(H,20,21). The number of para-hydroxylation sites is 2. The van der Waals surface area contributed by atoms with Crippen LogP contribution in [0.4, 0.5) is 5.69 Å². The van der Waals surface area contributed by atoms with Gasteiger partial charge >= 0.3 is 0 Å². The summed E-state index contributed by atoms with van der Waals surface area (Å²) in [7, 11) is 1.63. The van der Waals surface area contributed by atoms with Crippen LogP contribution in [0.2, 0.25) is 0 Å². The summed E-state index contributed by atoms with van der Waals surface area (Å²) >= 11 is 0. The summed E-state index contributed by atoms with van der Waals surface area (Å²) in [6.07, 6.45) is 0. The molecule has 2 aromatic carbocycles. The van der Waals surface area contributed by atoms with E-state index in [9.17, 15) is 4.79 Å². The lowest BCUT2D eigenvalue weighted by atomic mass is 10.1. The quantitative estimate of drug-likeness (QED) is 0.775. The van der Waals surface area contributed by atoms with E-state index in [1.54, 1.807) is 7.11 Å². The maximum absolute atomic E-state index is 12.2. The second kappa shape index (κ2) is 5.93. The third-order valence-electron chi connectivity index (χ3n) is 3.65. The number of ether oxygens (including phenoxy) is 1. The van der Waals surface area contributed by atoms with Crippen LogP contribution in [-0.4, -0.2) is 12.1 Å². The minimum Gasteiger partial charge on any atom is -0.495 e. The Morgan fingerprint density at radius 1 is 1.14 bits per heavy atom. The average Bonchev–Trinajstić information content (AvgIpc) is 2.53. The van der Waals surface area contributed by atoms with Crippen LogP contribution >= 0.6 is 0 Å². The van der Waals surface area contributed by atoms with Gasteiger partial charge in [-0.25, -0.2) is 0 Å². The first kappa shape index (κ1) is 14.2. The summed E-state index contributed by atoms with van der Waals surface area (Å²) in [5.74, 6) is 0.760. The monoisotopic (exact) mass is 294 g/mol. The summed E-state index contributed by atoms with van der Waals surface area (Å²) < 4.78 is 5.30. The van der Waals surface area contributed by atoms with Gasteiger partial charge in [0.1, 0.15) is 5.75 Å². The number of aromatic nitrogens is 1. The lowest BCUT2D eigenvalue weighted by Gasteiger charge is -2.11. The molecule has 4 heteroatoms. The number of aromatic amines is 1. The van der Waals surface area contributed by atoms with E-state index in [1.165, 1.54) is 5.56 Å². The molecule has 22 heavy (non-hydrogen) atoms. The highest BCUT2D eigenvalue weighted by molar-refractivity contribution is 5.79. The number of hydrogen-bond acceptors (Lipinski definition) is 3. The fourth-order valence-corrected chi connectivity index (χ4v) is 2.48. The third-order valence-corrected chi connectivity index (χ3v) is 3.65. The van der Waals surface area contributed by atoms with Gasteiger partial charge in [0, 0.05) is 17.6 Å². The van der Waals surface area contributed by atoms with Crippen LogP contribution in [0.25, 0.3) is 10.9 Å². The van der Waals surface area contributed by atoms with Crippen LogP contribution in [0.5, 0.6) is 5.75 Å². The number of anilines is 1. The number of aryl methyl sites for hydroxylation is 1. The molecule has 0 atom stereocenters. The molecule has 0 spiro atoms. The number of hydrogen-bond donors (Lipinski definition) is 2. The van der Waals surface area contributed by atoms with Crippen molar-refractivity contribution in [1.82, 2.24) is 4.98 Å². The van der Waals surface area contributed by atoms with Gasteiger partial charge in [-0.15, -0.1) is 0 Å². The number of benzene rings is 2. The zero-order chi connectivity index (χ0) is 15.5. The van der Waals surface area contributed by atoms with Gasteiger partial charge in [-0.3, -0.25) is 4.79 Å². The topological polar surface area (TPSA) is 54.1 Å². The van der Waals surface area contributed by atoms with Crippen LogP contribution in [0, 0.1) is 6.92 Å². The molecule has 3 aromatic rings. The van der Waals surface area contributed by atoms with Gasteiger partial charge < -0.3 is 15.0 Å². The Bertz CT molecular complexity index is 868. The Hall–Kier alpha value is -2.75. The molecule has 0 amide bonds. The van der Waals surface area contributed by atoms with Crippen molar-refractivity contribution in [3.8, 4) is 5.75 Å². The van der Waals surface area contributed by atoms with Gasteiger partial charge in [-0.2, -0.15) is 0 Å². The van der Waals surface area contributed by atoms with Crippen molar-refractivity contribution >= 4 is 16.6 Å². The van der Waals surface area contributed by atoms with E-state index in [0.717, 1.165) is 22.3 Å². The average molecular weight is 294 g/mol. The van der Waals surface area contributed by atoms with Gasteiger partial charge in [0.25, 0.3) is 5.56 Å². The number of H-pyrrole nitrogens is 1. The van der Waals surface area contributed by atoms with E-state index in [4.69, 9.17) is 4.74 Å². The van der Waals surface area contributed by atoms with Crippen molar-refractivity contribution in [2.75, 3.05) is 12.4 Å². The Balaban J connectivity index is 1.90. The molecule has 0 saturated heterocycles. The summed E-state index contributed by atoms with van der Waals surface area (Å²) in [5, 5.41) is 4.29. The van der Waals surface area contributed by atoms with Crippen molar-refractivity contribution in [1.29, 1.82) is 0 Å². The largest absolute Gasteiger partial charge is 0.495 e. The molecule has 4 nitrogen and oxygen atoms in total. The first-order valence-corrected chi connectivity index (χ1v) is 7.17. The Labute approximate surface area is 128 Å². The molecule has 0 fully saturated rings. The fourth-order valence-electron chi connectivity index (χ4n) is 2.48. The molecule has 0 aliphatic carbocycles. The Kier molecular flexibility index (Phi) is 3.83. The predicted octanol–water partition coefficient (Wildman–Crippen LogP) is 3.46. The number of fused-ring (bicyclic) bond motifs is 1. The molecule has 112 valence electrons. The van der Waals surface area contributed by atoms with E-state index < -0.39 is 0 Å². The zero-order valence-electron chi connectivity index (χ0n) is 12.6. The van der Waals surface area contributed by atoms with Gasteiger partial charge in [0.2, 0.25) is 0 Å². The first-order chi connectivity index (χ1) is 10.7. The zero-order valence-corrected chi connectivity index (χ0v) is 12.6. The van der Waals surface area contributed by atoms with Crippen LogP contribution in [0.1, 0.15) is 11.1 Å². The van der Waals surface area contributed by atoms with Gasteiger partial charge in [0.15, 0.2) is 0 Å². The third kappa shape index (κ3) is 2.81. The maximum atomic E-state index is 12.2. The van der Waals surface area contributed by atoms with Crippen LogP contribution < -0.4 is 15.6 Å². The van der Waals surface area contributed by atoms with Crippen molar-refractivity contribution in [3.63, 3.8) is 0 Å². The minimum absolute atomic E-state index is 0.0706. The molecule has 1 aromatic heterocycles. The summed E-state index contributed by atoms with van der Waals surface area (Å²) in [6.45, 7) is 2.48. The van der Waals surface area contributed by atoms with Crippen LogP contribution in [0.3, 0.4) is 0 Å². The highest BCUT2D eigenvalue weighted by Gasteiger charge is 2.05. The molecule has 0 radical (unpaired) electrons. The van der Waals surface area contributed by atoms with Crippen molar-refractivity contribution in [3.05, 3.63) is 70.0 Å². The smallest absolute Gasteiger partial charge is 0.253 e. The van der Waals surface area contributed by atoms with Gasteiger partial charge in [-0.05, 0) is 42.6 Å². The summed E-state index contributed by atoms with van der Waals surface area (Å²) in [5.41, 5.74) is 3.52. The molecule has 0 unspecified atom stereocenters. The van der Waals surface area contributed by atoms with Crippen molar-refractivity contribution in [2.45, 2.75) is 13.5 Å². The molecule has 0 aliphatic heterocycles. The van der Waals surface area contributed by atoms with E-state index in [-0.39, 0.29) is 5.56 Å². The minimum atomic E-state index is -0.0706. The SMILES string of the molecule is COc1ccccc1NCc1cc2cc(C)ccc2[nH]c1=O. The molecular weight excluding hydrogens is 276 g/mol. The lowest BCUT2D eigenvalue weighted by molar-refractivity contribution is 0.416. The number of nitrogens with one attached hydrogen (secondary N) is 2. The molecule has 0 saturated carbocycles. The maximum Gasteiger partial charge on any atom is 0.253 e. The van der Waals surface area contributed by atoms with Crippen molar-refractivity contribution in [2.24, 2.45) is 0 Å². The molecular formula is C18H18N2O2. The van der Waals surface area contributed by atoms with E-state index in [1.807, 2.05) is 49.4 Å². The Morgan fingerprint density at radius 2 is 1.95 bits per heavy atom. The second-order valence-electron chi connectivity index (χ2n) is 5.27. The van der Waals surface area contributed by atoms with E-state index in [2.05, 4.69) is 16.4 Å². The van der Waals surface area contributed by atoms with E-state index >= 15 is 0 Å². The molecule has 3 rings (SSSR count). The second-order valence-corrected chi connectivity index (χ2v) is 5.27. The Morgan fingerprint density at radius 3 is 2.77 bits per heavy atom. The summed E-state index contributed by atoms with van der Waals surface area (Å²) in [6, 6.07) is 15.6. The molecule has 0 aliphatic rings. The highest BCUT2D eigenvalue weighted by atomic mass is 16.5. The first-order valence-electron chi connectivity index (χ1n) is 7.17. The lowest BCUT2D eigenvalue weighted by Crippen LogP contribution is -2.15. The predicted molar refractivity (Wildman–Crippen MR) is 89.6 cm³/mol. The molecule has 2 N–H and O–H groups in total. The van der Waals surface area contributed by atoms with E-state index in [0.29, 0.717) is 12.1 Å². The van der Waals surface area contributed by atoms with Gasteiger partial charge in [0.05, 0.1) is 12.8 Å². The normalized spacial score (nSPS) is 10.6. The fraction of sp³-hybridized carbons (Fsp3) is 0.167. The highest BCUT2D eigenvalue weighted by Crippen LogP contribution is 2.23. The number of methoxy groups -OCH3 is 1. The van der Waals surface area contributed by atoms with Crippen molar-refractivity contribution < 1.29 is 4.74 Å². The molecule has 0 bridgehead atoms. The van der Waals surface area contributed by atoms with Crippen LogP contribution in [0.15, 0.2) is 53.3 Å².